The third-order valence-electron chi connectivity index (χ3n) is 4.46. The van der Waals surface area contributed by atoms with Crippen molar-refractivity contribution >= 4 is 18.1 Å². The number of aliphatic carboxylic acids is 1. The number of carboxylic acid groups (broad SMARTS) is 1. The number of nitrogens with zero attached hydrogens (tertiary/aromatic N) is 1. The number of aromatic nitrogens is 4. The lowest BCUT2D eigenvalue weighted by atomic mass is 9.90. The monoisotopic (exact) mass is 496 g/mol. The van der Waals surface area contributed by atoms with Gasteiger partial charge in [-0.05, 0) is 30.4 Å². The van der Waals surface area contributed by atoms with Gasteiger partial charge in [0, 0.05) is 16.7 Å². The number of ether oxygens (including phenoxy) is 1. The number of imidazole rings is 1. The molecule has 2 heterocycles. The molecule has 188 valence electrons. The van der Waals surface area contributed by atoms with Gasteiger partial charge in [0.1, 0.15) is 22.2 Å². The molecular formula is C22H23F3N4O6. The molecule has 3 rings (SSSR count). The molecule has 0 aliphatic heterocycles. The highest BCUT2D eigenvalue weighted by Gasteiger charge is 2.38. The molecule has 0 amide bonds. The minimum atomic E-state index is -5.08. The first-order chi connectivity index (χ1) is 16.1. The molecular weight excluding hydrogens is 473 g/mol. The van der Waals surface area contributed by atoms with Gasteiger partial charge in [0.05, 0.1) is 19.1 Å². The van der Waals surface area contributed by atoms with Crippen LogP contribution in [-0.2, 0) is 10.2 Å². The van der Waals surface area contributed by atoms with E-state index in [1.54, 1.807) is 18.5 Å². The molecule has 2 aromatic heterocycles. The summed E-state index contributed by atoms with van der Waals surface area (Å²) < 4.78 is 36.9. The van der Waals surface area contributed by atoms with E-state index in [0.29, 0.717) is 17.0 Å². The highest BCUT2D eigenvalue weighted by molar-refractivity contribution is 5.73. The van der Waals surface area contributed by atoms with Crippen LogP contribution in [0.3, 0.4) is 0 Å². The summed E-state index contributed by atoms with van der Waals surface area (Å²) >= 11 is 0. The molecule has 1 aromatic carbocycles. The molecule has 0 atom stereocenters. The van der Waals surface area contributed by atoms with Crippen LogP contribution in [0.5, 0.6) is 11.5 Å². The number of hydrogen-bond acceptors (Lipinski definition) is 6. The van der Waals surface area contributed by atoms with Crippen molar-refractivity contribution in [3.63, 3.8) is 0 Å². The fourth-order valence-corrected chi connectivity index (χ4v) is 2.78. The van der Waals surface area contributed by atoms with Crippen LogP contribution in [0.25, 0.3) is 12.2 Å². The third-order valence-corrected chi connectivity index (χ3v) is 4.46. The van der Waals surface area contributed by atoms with Gasteiger partial charge in [-0.1, -0.05) is 20.8 Å². The number of alkyl halides is 3. The van der Waals surface area contributed by atoms with Crippen LogP contribution in [0.2, 0.25) is 0 Å². The number of carboxylic acids is 1. The lowest BCUT2D eigenvalue weighted by Crippen LogP contribution is -2.46. The maximum absolute atomic E-state index is 12.5. The zero-order valence-electron chi connectivity index (χ0n) is 19.1. The van der Waals surface area contributed by atoms with E-state index >= 15 is 0 Å². The van der Waals surface area contributed by atoms with Gasteiger partial charge in [0.15, 0.2) is 0 Å². The molecule has 3 aromatic rings. The van der Waals surface area contributed by atoms with Crippen LogP contribution in [0.15, 0.2) is 34.1 Å². The number of carbonyl (C=O) groups is 1. The number of phenolic OH excluding ortho intramolecular Hbond substituents is 1. The fraction of sp³-hybridized carbons (Fsp3) is 0.273. The summed E-state index contributed by atoms with van der Waals surface area (Å²) in [6.07, 6.45) is -0.618. The van der Waals surface area contributed by atoms with Crippen molar-refractivity contribution in [2.75, 3.05) is 7.11 Å². The number of H-pyrrole nitrogens is 3. The maximum Gasteiger partial charge on any atom is 0.490 e. The molecule has 5 N–H and O–H groups in total. The first kappa shape index (κ1) is 27.0. The van der Waals surface area contributed by atoms with Gasteiger partial charge < -0.3 is 29.9 Å². The number of halogens is 3. The van der Waals surface area contributed by atoms with E-state index in [0.717, 1.165) is 5.69 Å². The topological polar surface area (TPSA) is 161 Å². The summed E-state index contributed by atoms with van der Waals surface area (Å²) in [4.78, 5) is 46.3. The molecule has 0 saturated carbocycles. The van der Waals surface area contributed by atoms with E-state index in [-0.39, 0.29) is 21.9 Å². The summed E-state index contributed by atoms with van der Waals surface area (Å²) in [6.45, 7) is 6.05. The Morgan fingerprint density at radius 3 is 2.09 bits per heavy atom. The SMILES string of the molecule is COc1ccc(O)c(/C=c2\[nH]c(=O)/c(=C/c3nc[nH]c3C(C)(C)C)[nH]c2=O)c1.O=C(O)C(F)(F)F. The van der Waals surface area contributed by atoms with Crippen molar-refractivity contribution in [1.82, 2.24) is 19.9 Å². The Morgan fingerprint density at radius 1 is 1.06 bits per heavy atom. The van der Waals surface area contributed by atoms with Crippen LogP contribution >= 0.6 is 0 Å². The normalized spacial score (nSPS) is 12.8. The number of aromatic amines is 3. The average molecular weight is 496 g/mol. The van der Waals surface area contributed by atoms with Gasteiger partial charge in [-0.3, -0.25) is 9.59 Å². The van der Waals surface area contributed by atoms with Gasteiger partial charge in [-0.25, -0.2) is 9.78 Å². The second kappa shape index (κ2) is 10.3. The molecule has 0 spiro atoms. The minimum Gasteiger partial charge on any atom is -0.507 e. The highest BCUT2D eigenvalue weighted by atomic mass is 19.4. The fourth-order valence-electron chi connectivity index (χ4n) is 2.78. The lowest BCUT2D eigenvalue weighted by molar-refractivity contribution is -0.192. The Labute approximate surface area is 195 Å². The predicted octanol–water partition coefficient (Wildman–Crippen LogP) is 1.09. The molecule has 0 saturated heterocycles. The number of aromatic hydroxyl groups is 1. The van der Waals surface area contributed by atoms with Crippen LogP contribution in [-0.4, -0.2) is 49.4 Å². The number of phenols is 1. The van der Waals surface area contributed by atoms with Crippen molar-refractivity contribution in [3.8, 4) is 11.5 Å². The van der Waals surface area contributed by atoms with Crippen molar-refractivity contribution in [2.45, 2.75) is 32.4 Å². The number of methoxy groups -OCH3 is 1. The minimum absolute atomic E-state index is 0.0174. The second-order valence-corrected chi connectivity index (χ2v) is 8.16. The molecule has 0 radical (unpaired) electrons. The molecule has 0 aliphatic carbocycles. The van der Waals surface area contributed by atoms with E-state index < -0.39 is 23.3 Å². The summed E-state index contributed by atoms with van der Waals surface area (Å²) in [5, 5.41) is 17.2. The molecule has 0 fully saturated rings. The van der Waals surface area contributed by atoms with E-state index in [1.807, 2.05) is 20.8 Å². The van der Waals surface area contributed by atoms with Crippen molar-refractivity contribution in [2.24, 2.45) is 0 Å². The Bertz CT molecular complexity index is 1450. The van der Waals surface area contributed by atoms with Crippen LogP contribution in [0.4, 0.5) is 13.2 Å². The lowest BCUT2D eigenvalue weighted by Gasteiger charge is -2.16. The average Bonchev–Trinajstić information content (AvgIpc) is 3.22. The molecule has 0 aliphatic rings. The van der Waals surface area contributed by atoms with E-state index in [1.165, 1.54) is 25.3 Å². The quantitative estimate of drug-likeness (QED) is 0.363. The van der Waals surface area contributed by atoms with Gasteiger partial charge in [0.2, 0.25) is 0 Å². The van der Waals surface area contributed by atoms with Crippen molar-refractivity contribution in [1.29, 1.82) is 0 Å². The Balaban J connectivity index is 0.000000540. The Hall–Kier alpha value is -4.29. The van der Waals surface area contributed by atoms with E-state index in [4.69, 9.17) is 14.6 Å². The zero-order chi connectivity index (χ0) is 26.6. The first-order valence-electron chi connectivity index (χ1n) is 9.90. The number of hydrogen-bond donors (Lipinski definition) is 5. The highest BCUT2D eigenvalue weighted by Crippen LogP contribution is 2.23. The molecule has 13 heteroatoms. The zero-order valence-corrected chi connectivity index (χ0v) is 19.1. The van der Waals surface area contributed by atoms with Crippen LogP contribution in [0.1, 0.15) is 37.7 Å². The van der Waals surface area contributed by atoms with Crippen LogP contribution in [0, 0.1) is 0 Å². The summed E-state index contributed by atoms with van der Waals surface area (Å²) in [7, 11) is 1.50. The van der Waals surface area contributed by atoms with Gasteiger partial charge in [-0.15, -0.1) is 0 Å². The standard InChI is InChI=1S/C20H22N4O4.C2HF3O2/c1-20(2,3)17-13(21-10-22-17)9-15-19(27)23-14(18(26)24-15)8-11-7-12(28-4)5-6-16(11)25;3-2(4,5)1(6)7/h5-10,25H,1-4H3,(H,21,22)(H,23,27)(H,24,26);(H,6,7)/b14-8-,15-9-;. The summed E-state index contributed by atoms with van der Waals surface area (Å²) in [5.74, 6) is -2.28. The Morgan fingerprint density at radius 2 is 1.60 bits per heavy atom. The molecule has 0 unspecified atom stereocenters. The van der Waals surface area contributed by atoms with E-state index in [2.05, 4.69) is 19.9 Å². The summed E-state index contributed by atoms with van der Waals surface area (Å²) in [6, 6.07) is 4.60. The smallest absolute Gasteiger partial charge is 0.490 e. The maximum atomic E-state index is 12.5. The first-order valence-corrected chi connectivity index (χ1v) is 9.90. The van der Waals surface area contributed by atoms with E-state index in [9.17, 15) is 27.9 Å². The largest absolute Gasteiger partial charge is 0.507 e. The van der Waals surface area contributed by atoms with Crippen LogP contribution < -0.4 is 26.6 Å². The van der Waals surface area contributed by atoms with Gasteiger partial charge >= 0.3 is 12.1 Å². The number of benzene rings is 1. The van der Waals surface area contributed by atoms with Gasteiger partial charge in [0.25, 0.3) is 11.1 Å². The van der Waals surface area contributed by atoms with Crippen molar-refractivity contribution < 1.29 is 32.9 Å². The number of rotatable bonds is 3. The summed E-state index contributed by atoms with van der Waals surface area (Å²) in [5.41, 5.74) is 0.601. The predicted molar refractivity (Wildman–Crippen MR) is 120 cm³/mol. The molecule has 0 bridgehead atoms. The number of nitrogens with one attached hydrogen (secondary N) is 3. The Kier molecular flexibility index (Phi) is 7.95. The second-order valence-electron chi connectivity index (χ2n) is 8.16. The van der Waals surface area contributed by atoms with Gasteiger partial charge in [-0.2, -0.15) is 13.2 Å². The molecule has 35 heavy (non-hydrogen) atoms. The van der Waals surface area contributed by atoms with Crippen molar-refractivity contribution in [3.05, 3.63) is 72.9 Å². The molecule has 10 nitrogen and oxygen atoms in total. The third kappa shape index (κ3) is 7.09.